The Balaban J connectivity index is 1.67. The van der Waals surface area contributed by atoms with E-state index in [1.165, 1.54) is 6.42 Å². The van der Waals surface area contributed by atoms with E-state index < -0.39 is 6.04 Å². The molecular weight excluding hydrogens is 436 g/mol. The van der Waals surface area contributed by atoms with Crippen molar-refractivity contribution in [2.45, 2.75) is 71.4 Å². The van der Waals surface area contributed by atoms with Crippen LogP contribution < -0.4 is 10.1 Å². The summed E-state index contributed by atoms with van der Waals surface area (Å²) in [5, 5.41) is 3.86. The summed E-state index contributed by atoms with van der Waals surface area (Å²) in [6.07, 6.45) is 6.20. The third kappa shape index (κ3) is 7.23. The molecule has 5 nitrogen and oxygen atoms in total. The monoisotopic (exact) mass is 470 g/mol. The molecule has 0 spiro atoms. The Hall–Kier alpha value is -2.53. The van der Waals surface area contributed by atoms with Crippen LogP contribution in [0.25, 0.3) is 0 Å². The average molecular weight is 471 g/mol. The van der Waals surface area contributed by atoms with Crippen LogP contribution in [0.1, 0.15) is 55.7 Å². The highest BCUT2D eigenvalue weighted by molar-refractivity contribution is 6.32. The number of hydrogen-bond donors (Lipinski definition) is 1. The first-order valence-corrected chi connectivity index (χ1v) is 12.3. The number of rotatable bonds is 9. The van der Waals surface area contributed by atoms with Gasteiger partial charge in [0.25, 0.3) is 5.91 Å². The van der Waals surface area contributed by atoms with Crippen LogP contribution in [-0.2, 0) is 16.0 Å². The van der Waals surface area contributed by atoms with E-state index in [-0.39, 0.29) is 24.5 Å². The first-order chi connectivity index (χ1) is 15.8. The Kier molecular flexibility index (Phi) is 9.19. The molecule has 1 N–H and O–H groups in total. The lowest BCUT2D eigenvalue weighted by Crippen LogP contribution is -2.52. The zero-order valence-corrected chi connectivity index (χ0v) is 20.7. The highest BCUT2D eigenvalue weighted by atomic mass is 35.5. The van der Waals surface area contributed by atoms with E-state index in [2.05, 4.69) is 5.32 Å². The van der Waals surface area contributed by atoms with Gasteiger partial charge in [0, 0.05) is 17.6 Å². The lowest BCUT2D eigenvalue weighted by atomic mass is 9.95. The lowest BCUT2D eigenvalue weighted by Gasteiger charge is -2.31. The van der Waals surface area contributed by atoms with Gasteiger partial charge in [-0.15, -0.1) is 0 Å². The fourth-order valence-corrected chi connectivity index (χ4v) is 4.47. The van der Waals surface area contributed by atoms with E-state index in [1.54, 1.807) is 11.8 Å². The molecule has 1 fully saturated rings. The molecule has 1 saturated carbocycles. The molecule has 1 aliphatic carbocycles. The third-order valence-corrected chi connectivity index (χ3v) is 6.97. The van der Waals surface area contributed by atoms with Crippen molar-refractivity contribution < 1.29 is 14.3 Å². The first kappa shape index (κ1) is 25.1. The Morgan fingerprint density at radius 1 is 1.09 bits per heavy atom. The Labute approximate surface area is 202 Å². The molecule has 0 heterocycles. The summed E-state index contributed by atoms with van der Waals surface area (Å²) >= 11 is 6.24. The van der Waals surface area contributed by atoms with Crippen LogP contribution in [0.5, 0.6) is 5.75 Å². The van der Waals surface area contributed by atoms with Crippen LogP contribution >= 0.6 is 11.6 Å². The normalized spacial score (nSPS) is 15.0. The average Bonchev–Trinajstić information content (AvgIpc) is 2.82. The van der Waals surface area contributed by atoms with E-state index in [1.807, 2.05) is 56.3 Å². The molecular formula is C27H35ClN2O3. The lowest BCUT2D eigenvalue weighted by molar-refractivity contribution is -0.141. The molecule has 0 aliphatic heterocycles. The van der Waals surface area contributed by atoms with Crippen LogP contribution in [0.15, 0.2) is 42.5 Å². The zero-order valence-electron chi connectivity index (χ0n) is 19.9. The molecule has 2 aromatic rings. The number of carbonyl (C=O) groups is 2. The smallest absolute Gasteiger partial charge is 0.261 e. The molecule has 0 unspecified atom stereocenters. The van der Waals surface area contributed by atoms with Gasteiger partial charge in [0.2, 0.25) is 5.91 Å². The van der Waals surface area contributed by atoms with Crippen molar-refractivity contribution >= 4 is 23.4 Å². The van der Waals surface area contributed by atoms with Crippen molar-refractivity contribution in [2.24, 2.45) is 0 Å². The van der Waals surface area contributed by atoms with Crippen LogP contribution in [0.2, 0.25) is 5.02 Å². The highest BCUT2D eigenvalue weighted by Gasteiger charge is 2.28. The maximum Gasteiger partial charge on any atom is 0.261 e. The second-order valence-corrected chi connectivity index (χ2v) is 9.38. The van der Waals surface area contributed by atoms with Gasteiger partial charge in [-0.25, -0.2) is 0 Å². The van der Waals surface area contributed by atoms with Crippen LogP contribution in [0, 0.1) is 13.8 Å². The minimum Gasteiger partial charge on any atom is -0.484 e. The quantitative estimate of drug-likeness (QED) is 0.544. The summed E-state index contributed by atoms with van der Waals surface area (Å²) in [5.41, 5.74) is 2.93. The van der Waals surface area contributed by atoms with Crippen molar-refractivity contribution in [3.05, 3.63) is 64.2 Å². The number of aryl methyl sites for hydroxylation is 2. The second kappa shape index (κ2) is 12.1. The summed E-state index contributed by atoms with van der Waals surface area (Å²) < 4.78 is 5.82. The predicted octanol–water partition coefficient (Wildman–Crippen LogP) is 5.24. The van der Waals surface area contributed by atoms with Gasteiger partial charge in [-0.1, -0.05) is 61.2 Å². The van der Waals surface area contributed by atoms with Crippen molar-refractivity contribution in [2.75, 3.05) is 13.2 Å². The molecule has 0 radical (unpaired) electrons. The van der Waals surface area contributed by atoms with Gasteiger partial charge in [-0.2, -0.15) is 0 Å². The number of halogens is 1. The standard InChI is InChI=1S/C27H35ClN2O3/c1-19-16-24(17-20(2)26(19)28)33-18-25(31)30(15-14-22-10-6-4-7-11-22)21(3)27(32)29-23-12-8-5-9-13-23/h4,6-7,10-11,16-17,21,23H,5,8-9,12-15,18H2,1-3H3,(H,29,32)/t21-/m0/s1. The van der Waals surface area contributed by atoms with Crippen LogP contribution in [0.4, 0.5) is 0 Å². The minimum atomic E-state index is -0.569. The van der Waals surface area contributed by atoms with Gasteiger partial charge in [0.05, 0.1) is 0 Å². The molecule has 0 bridgehead atoms. The summed E-state index contributed by atoms with van der Waals surface area (Å²) in [6.45, 7) is 5.94. The summed E-state index contributed by atoms with van der Waals surface area (Å²) in [4.78, 5) is 27.9. The molecule has 1 atom stereocenters. The summed E-state index contributed by atoms with van der Waals surface area (Å²) in [6, 6.07) is 13.3. The Morgan fingerprint density at radius 2 is 1.73 bits per heavy atom. The molecule has 2 amide bonds. The molecule has 178 valence electrons. The van der Waals surface area contributed by atoms with Gasteiger partial charge >= 0.3 is 0 Å². The first-order valence-electron chi connectivity index (χ1n) is 11.9. The maximum atomic E-state index is 13.2. The van der Waals surface area contributed by atoms with Crippen molar-refractivity contribution in [1.82, 2.24) is 10.2 Å². The zero-order chi connectivity index (χ0) is 23.8. The predicted molar refractivity (Wildman–Crippen MR) is 133 cm³/mol. The minimum absolute atomic E-state index is 0.0958. The summed E-state index contributed by atoms with van der Waals surface area (Å²) in [5.74, 6) is 0.300. The fourth-order valence-electron chi connectivity index (χ4n) is 4.36. The molecule has 2 aromatic carbocycles. The second-order valence-electron chi connectivity index (χ2n) is 9.00. The van der Waals surface area contributed by atoms with E-state index in [4.69, 9.17) is 16.3 Å². The van der Waals surface area contributed by atoms with Crippen LogP contribution in [0.3, 0.4) is 0 Å². The number of amides is 2. The summed E-state index contributed by atoms with van der Waals surface area (Å²) in [7, 11) is 0. The van der Waals surface area contributed by atoms with Crippen LogP contribution in [-0.4, -0.2) is 41.9 Å². The van der Waals surface area contributed by atoms with Gasteiger partial charge < -0.3 is 15.0 Å². The van der Waals surface area contributed by atoms with Crippen molar-refractivity contribution in [1.29, 1.82) is 0 Å². The maximum absolute atomic E-state index is 13.2. The number of ether oxygens (including phenoxy) is 1. The van der Waals surface area contributed by atoms with E-state index >= 15 is 0 Å². The molecule has 6 heteroatoms. The molecule has 3 rings (SSSR count). The molecule has 0 aromatic heterocycles. The number of carbonyl (C=O) groups excluding carboxylic acids is 2. The third-order valence-electron chi connectivity index (χ3n) is 6.38. The highest BCUT2D eigenvalue weighted by Crippen LogP contribution is 2.26. The van der Waals surface area contributed by atoms with E-state index in [0.717, 1.165) is 42.4 Å². The van der Waals surface area contributed by atoms with Gasteiger partial charge in [0.1, 0.15) is 11.8 Å². The van der Waals surface area contributed by atoms with Gasteiger partial charge in [-0.3, -0.25) is 9.59 Å². The largest absolute Gasteiger partial charge is 0.484 e. The Bertz CT molecular complexity index is 919. The number of hydrogen-bond acceptors (Lipinski definition) is 3. The SMILES string of the molecule is Cc1cc(OCC(=O)N(CCc2ccccc2)[C@@H](C)C(=O)NC2CCCCC2)cc(C)c1Cl. The molecule has 1 aliphatic rings. The van der Waals surface area contributed by atoms with Crippen molar-refractivity contribution in [3.8, 4) is 5.75 Å². The number of nitrogens with zero attached hydrogens (tertiary/aromatic N) is 1. The topological polar surface area (TPSA) is 58.6 Å². The van der Waals surface area contributed by atoms with Gasteiger partial charge in [0.15, 0.2) is 6.61 Å². The molecule has 33 heavy (non-hydrogen) atoms. The van der Waals surface area contributed by atoms with Gasteiger partial charge in [-0.05, 0) is 68.9 Å². The fraction of sp³-hybridized carbons (Fsp3) is 0.481. The van der Waals surface area contributed by atoms with E-state index in [9.17, 15) is 9.59 Å². The van der Waals surface area contributed by atoms with Crippen molar-refractivity contribution in [3.63, 3.8) is 0 Å². The Morgan fingerprint density at radius 3 is 2.36 bits per heavy atom. The molecule has 0 saturated heterocycles. The number of nitrogens with one attached hydrogen (secondary N) is 1. The van der Waals surface area contributed by atoms with E-state index in [0.29, 0.717) is 23.7 Å². The number of benzene rings is 2.